The van der Waals surface area contributed by atoms with Gasteiger partial charge in [0, 0.05) is 18.8 Å². The molecule has 0 spiro atoms. The standard InChI is InChI=1S/C14H17BrF2N2OS/c1-13(2,3)21(20)19-12(9-7-14(16,17)8-9)10-5-4-6-11(15)18-10/h4-6,9H,7-8H2,1-3H3/b19-12-. The predicted molar refractivity (Wildman–Crippen MR) is 84.0 cm³/mol. The smallest absolute Gasteiger partial charge is 0.249 e. The summed E-state index contributed by atoms with van der Waals surface area (Å²) in [5.74, 6) is -3.05. The van der Waals surface area contributed by atoms with Gasteiger partial charge in [-0.25, -0.2) is 13.8 Å². The highest BCUT2D eigenvalue weighted by atomic mass is 79.9. The highest BCUT2D eigenvalue weighted by molar-refractivity contribution is 9.10. The van der Waals surface area contributed by atoms with Crippen LogP contribution in [-0.4, -0.2) is 25.9 Å². The van der Waals surface area contributed by atoms with Crippen molar-refractivity contribution in [1.82, 2.24) is 4.98 Å². The minimum absolute atomic E-state index is 0.263. The van der Waals surface area contributed by atoms with Crippen LogP contribution < -0.4 is 0 Å². The lowest BCUT2D eigenvalue weighted by Crippen LogP contribution is -2.41. The van der Waals surface area contributed by atoms with Gasteiger partial charge in [0.15, 0.2) is 0 Å². The summed E-state index contributed by atoms with van der Waals surface area (Å²) in [4.78, 5) is 4.27. The number of hydrogen-bond donors (Lipinski definition) is 0. The monoisotopic (exact) mass is 378 g/mol. The van der Waals surface area contributed by atoms with Crippen molar-refractivity contribution in [3.05, 3.63) is 28.5 Å². The lowest BCUT2D eigenvalue weighted by atomic mass is 9.77. The van der Waals surface area contributed by atoms with Crippen molar-refractivity contribution in [1.29, 1.82) is 0 Å². The lowest BCUT2D eigenvalue weighted by molar-refractivity contribution is -0.0907. The molecule has 3 nitrogen and oxygen atoms in total. The van der Waals surface area contributed by atoms with Crippen LogP contribution in [-0.2, 0) is 11.4 Å². The Morgan fingerprint density at radius 2 is 2.05 bits per heavy atom. The molecule has 0 aromatic carbocycles. The molecule has 1 aliphatic carbocycles. The SMILES string of the molecule is CC(C)(C)[S+]([O-])/N=C(\c1cccc(Br)n1)C1CC(F)(F)C1. The topological polar surface area (TPSA) is 48.3 Å². The zero-order valence-corrected chi connectivity index (χ0v) is 14.5. The fourth-order valence-electron chi connectivity index (χ4n) is 1.96. The first-order valence-corrected chi connectivity index (χ1v) is 8.50. The van der Waals surface area contributed by atoms with E-state index in [0.717, 1.165) is 0 Å². The van der Waals surface area contributed by atoms with Gasteiger partial charge in [0.05, 0.1) is 5.69 Å². The summed E-state index contributed by atoms with van der Waals surface area (Å²) in [6.45, 7) is 5.40. The Bertz CT molecular complexity index is 552. The molecular weight excluding hydrogens is 362 g/mol. The summed E-state index contributed by atoms with van der Waals surface area (Å²) < 4.78 is 42.8. The van der Waals surface area contributed by atoms with Gasteiger partial charge >= 0.3 is 0 Å². The fraction of sp³-hybridized carbons (Fsp3) is 0.571. The van der Waals surface area contributed by atoms with Crippen LogP contribution in [0.2, 0.25) is 0 Å². The van der Waals surface area contributed by atoms with Crippen LogP contribution in [0.4, 0.5) is 8.78 Å². The van der Waals surface area contributed by atoms with Gasteiger partial charge in [-0.1, -0.05) is 10.5 Å². The zero-order valence-electron chi connectivity index (χ0n) is 12.1. The molecule has 0 radical (unpaired) electrons. The molecule has 1 aromatic rings. The maximum Gasteiger partial charge on any atom is 0.249 e. The second-order valence-electron chi connectivity index (χ2n) is 6.14. The number of rotatable bonds is 3. The van der Waals surface area contributed by atoms with Crippen molar-refractivity contribution in [2.75, 3.05) is 0 Å². The molecule has 1 aromatic heterocycles. The van der Waals surface area contributed by atoms with E-state index in [2.05, 4.69) is 25.3 Å². The Labute approximate surface area is 134 Å². The molecule has 2 rings (SSSR count). The van der Waals surface area contributed by atoms with Crippen LogP contribution >= 0.6 is 15.9 Å². The minimum atomic E-state index is -2.65. The molecule has 21 heavy (non-hydrogen) atoms. The Hall–Kier alpha value is -0.530. The second kappa shape index (κ2) is 5.93. The van der Waals surface area contributed by atoms with E-state index in [1.807, 2.05) is 0 Å². The van der Waals surface area contributed by atoms with Crippen LogP contribution in [0.1, 0.15) is 39.3 Å². The van der Waals surface area contributed by atoms with E-state index in [-0.39, 0.29) is 12.8 Å². The summed E-state index contributed by atoms with van der Waals surface area (Å²) in [6, 6.07) is 5.22. The van der Waals surface area contributed by atoms with Crippen molar-refractivity contribution in [2.45, 2.75) is 44.3 Å². The molecule has 0 aliphatic heterocycles. The molecule has 1 saturated carbocycles. The predicted octanol–water partition coefficient (Wildman–Crippen LogP) is 4.14. The molecule has 1 fully saturated rings. The number of aromatic nitrogens is 1. The first-order chi connectivity index (χ1) is 9.58. The van der Waals surface area contributed by atoms with Gasteiger partial charge in [-0.05, 0) is 48.8 Å². The molecule has 1 heterocycles. The molecule has 1 aliphatic rings. The van der Waals surface area contributed by atoms with Crippen LogP contribution in [0.25, 0.3) is 0 Å². The Morgan fingerprint density at radius 1 is 1.43 bits per heavy atom. The average molecular weight is 379 g/mol. The van der Waals surface area contributed by atoms with E-state index in [1.54, 1.807) is 39.0 Å². The lowest BCUT2D eigenvalue weighted by Gasteiger charge is -2.35. The van der Waals surface area contributed by atoms with E-state index in [9.17, 15) is 13.3 Å². The molecule has 0 saturated heterocycles. The molecule has 116 valence electrons. The highest BCUT2D eigenvalue weighted by Crippen LogP contribution is 2.44. The third kappa shape index (κ3) is 4.23. The van der Waals surface area contributed by atoms with Gasteiger partial charge in [-0.3, -0.25) is 0 Å². The molecule has 0 N–H and O–H groups in total. The highest BCUT2D eigenvalue weighted by Gasteiger charge is 2.49. The maximum atomic E-state index is 13.2. The van der Waals surface area contributed by atoms with E-state index in [1.165, 1.54) is 0 Å². The quantitative estimate of drug-likeness (QED) is 0.450. The fourth-order valence-corrected chi connectivity index (χ4v) is 3.00. The van der Waals surface area contributed by atoms with Crippen LogP contribution in [0.3, 0.4) is 0 Å². The van der Waals surface area contributed by atoms with Crippen LogP contribution in [0.15, 0.2) is 27.2 Å². The summed E-state index contributed by atoms with van der Waals surface area (Å²) in [5, 5.41) is 0. The van der Waals surface area contributed by atoms with Crippen LogP contribution in [0, 0.1) is 5.92 Å². The number of hydrogen-bond acceptors (Lipinski definition) is 3. The summed E-state index contributed by atoms with van der Waals surface area (Å²) in [7, 11) is 0. The van der Waals surface area contributed by atoms with Gasteiger partial charge in [0.1, 0.15) is 26.4 Å². The number of halogens is 3. The maximum absolute atomic E-state index is 13.2. The van der Waals surface area contributed by atoms with E-state index in [4.69, 9.17) is 0 Å². The third-order valence-electron chi connectivity index (χ3n) is 3.16. The zero-order chi connectivity index (χ0) is 15.8. The van der Waals surface area contributed by atoms with Crippen molar-refractivity contribution in [3.8, 4) is 0 Å². The number of nitrogens with zero attached hydrogens (tertiary/aromatic N) is 2. The Morgan fingerprint density at radius 3 is 2.52 bits per heavy atom. The van der Waals surface area contributed by atoms with Crippen molar-refractivity contribution in [3.63, 3.8) is 0 Å². The van der Waals surface area contributed by atoms with Gasteiger partial charge in [-0.15, -0.1) is 0 Å². The normalized spacial score (nSPS) is 21.0. The average Bonchev–Trinajstić information content (AvgIpc) is 2.31. The molecule has 1 atom stereocenters. The number of alkyl halides is 2. The van der Waals surface area contributed by atoms with Crippen molar-refractivity contribution in [2.24, 2.45) is 10.3 Å². The van der Waals surface area contributed by atoms with Gasteiger partial charge in [0.2, 0.25) is 5.92 Å². The van der Waals surface area contributed by atoms with E-state index < -0.39 is 27.9 Å². The minimum Gasteiger partial charge on any atom is -0.591 e. The molecule has 7 heteroatoms. The number of pyridine rings is 1. The Kier molecular flexibility index (Phi) is 4.75. The van der Waals surface area contributed by atoms with Gasteiger partial charge in [0.25, 0.3) is 0 Å². The van der Waals surface area contributed by atoms with Crippen LogP contribution in [0.5, 0.6) is 0 Å². The van der Waals surface area contributed by atoms with Gasteiger partial charge < -0.3 is 4.55 Å². The van der Waals surface area contributed by atoms with E-state index >= 15 is 0 Å². The van der Waals surface area contributed by atoms with Gasteiger partial charge in [-0.2, -0.15) is 0 Å². The second-order valence-corrected chi connectivity index (χ2v) is 8.86. The summed E-state index contributed by atoms with van der Waals surface area (Å²) in [6.07, 6.45) is -0.525. The van der Waals surface area contributed by atoms with E-state index in [0.29, 0.717) is 16.0 Å². The molecule has 1 unspecified atom stereocenters. The summed E-state index contributed by atoms with van der Waals surface area (Å²) >= 11 is 1.76. The molecular formula is C14H17BrF2N2OS. The summed E-state index contributed by atoms with van der Waals surface area (Å²) in [5.41, 5.74) is 0.915. The third-order valence-corrected chi connectivity index (χ3v) is 5.01. The Balaban J connectivity index is 2.34. The van der Waals surface area contributed by atoms with Crippen molar-refractivity contribution < 1.29 is 13.3 Å². The molecule has 0 bridgehead atoms. The first-order valence-electron chi connectivity index (χ1n) is 6.60. The first kappa shape index (κ1) is 16.8. The molecule has 0 amide bonds. The van der Waals surface area contributed by atoms with Crippen molar-refractivity contribution >= 4 is 33.0 Å². The largest absolute Gasteiger partial charge is 0.591 e.